The van der Waals surface area contributed by atoms with Crippen LogP contribution in [0.2, 0.25) is 5.02 Å². The lowest BCUT2D eigenvalue weighted by atomic mass is 10.1. The molecule has 0 aliphatic carbocycles. The summed E-state index contributed by atoms with van der Waals surface area (Å²) in [5.74, 6) is -0.494. The molecule has 0 aliphatic rings. The summed E-state index contributed by atoms with van der Waals surface area (Å²) in [4.78, 5) is 12.1. The van der Waals surface area contributed by atoms with Gasteiger partial charge in [0.1, 0.15) is 11.6 Å². The Kier molecular flexibility index (Phi) is 5.40. The van der Waals surface area contributed by atoms with Crippen molar-refractivity contribution in [2.75, 3.05) is 10.6 Å². The summed E-state index contributed by atoms with van der Waals surface area (Å²) < 4.78 is 0. The quantitative estimate of drug-likeness (QED) is 0.646. The van der Waals surface area contributed by atoms with E-state index in [1.165, 1.54) is 11.8 Å². The molecule has 0 heterocycles. The zero-order chi connectivity index (χ0) is 16.8. The van der Waals surface area contributed by atoms with E-state index in [-0.39, 0.29) is 5.57 Å². The van der Waals surface area contributed by atoms with E-state index in [9.17, 15) is 4.79 Å². The predicted octanol–water partition coefficient (Wildman–Crippen LogP) is 4.41. The Hall–Kier alpha value is -2.77. The normalized spacial score (nSPS) is 10.8. The van der Waals surface area contributed by atoms with Crippen LogP contribution < -0.4 is 10.6 Å². The minimum absolute atomic E-state index is 0.0248. The summed E-state index contributed by atoms with van der Waals surface area (Å²) in [5.41, 5.74) is 3.64. The fourth-order valence-electron chi connectivity index (χ4n) is 1.90. The highest BCUT2D eigenvalue weighted by Gasteiger charge is 2.09. The summed E-state index contributed by atoms with van der Waals surface area (Å²) in [6.45, 7) is 4.02. The molecular weight excluding hydrogens is 310 g/mol. The van der Waals surface area contributed by atoms with Gasteiger partial charge in [0.2, 0.25) is 0 Å². The van der Waals surface area contributed by atoms with Crippen LogP contribution in [0.15, 0.2) is 54.2 Å². The molecule has 23 heavy (non-hydrogen) atoms. The second-order valence-corrected chi connectivity index (χ2v) is 5.51. The van der Waals surface area contributed by atoms with Gasteiger partial charge >= 0.3 is 0 Å². The number of nitriles is 1. The first-order chi connectivity index (χ1) is 11.0. The van der Waals surface area contributed by atoms with E-state index in [4.69, 9.17) is 16.9 Å². The van der Waals surface area contributed by atoms with Gasteiger partial charge < -0.3 is 10.6 Å². The van der Waals surface area contributed by atoms with Gasteiger partial charge in [0, 0.05) is 22.6 Å². The van der Waals surface area contributed by atoms with E-state index >= 15 is 0 Å². The van der Waals surface area contributed by atoms with Crippen LogP contribution in [0, 0.1) is 25.2 Å². The van der Waals surface area contributed by atoms with E-state index in [0.29, 0.717) is 10.7 Å². The van der Waals surface area contributed by atoms with Gasteiger partial charge in [-0.3, -0.25) is 4.79 Å². The number of halogens is 1. The van der Waals surface area contributed by atoms with Crippen molar-refractivity contribution < 1.29 is 4.79 Å². The summed E-state index contributed by atoms with van der Waals surface area (Å²) >= 11 is 5.87. The summed E-state index contributed by atoms with van der Waals surface area (Å²) in [7, 11) is 0. The lowest BCUT2D eigenvalue weighted by Gasteiger charge is -2.07. The van der Waals surface area contributed by atoms with E-state index in [0.717, 1.165) is 11.3 Å². The molecule has 1 amide bonds. The number of hydrogen-bond acceptors (Lipinski definition) is 3. The Labute approximate surface area is 140 Å². The molecule has 0 unspecified atom stereocenters. The Balaban J connectivity index is 2.10. The molecule has 4 nitrogen and oxygen atoms in total. The van der Waals surface area contributed by atoms with Crippen molar-refractivity contribution in [3.63, 3.8) is 0 Å². The lowest BCUT2D eigenvalue weighted by Crippen LogP contribution is -2.14. The fourth-order valence-corrected chi connectivity index (χ4v) is 2.09. The van der Waals surface area contributed by atoms with Gasteiger partial charge in [-0.2, -0.15) is 5.26 Å². The number of nitrogens with one attached hydrogen (secondary N) is 2. The summed E-state index contributed by atoms with van der Waals surface area (Å²) in [6, 6.07) is 14.5. The molecule has 2 aromatic carbocycles. The third-order valence-electron chi connectivity index (χ3n) is 3.34. The van der Waals surface area contributed by atoms with Crippen molar-refractivity contribution in [3.05, 3.63) is 70.4 Å². The van der Waals surface area contributed by atoms with Crippen LogP contribution >= 0.6 is 11.6 Å². The van der Waals surface area contributed by atoms with Crippen molar-refractivity contribution in [1.29, 1.82) is 5.26 Å². The fraction of sp³-hybridized carbons (Fsp3) is 0.111. The van der Waals surface area contributed by atoms with Crippen LogP contribution in [0.3, 0.4) is 0 Å². The molecule has 0 aromatic heterocycles. The molecule has 0 fully saturated rings. The maximum absolute atomic E-state index is 12.1. The minimum atomic E-state index is -0.494. The average molecular weight is 326 g/mol. The number of hydrogen-bond donors (Lipinski definition) is 2. The monoisotopic (exact) mass is 325 g/mol. The molecule has 0 aliphatic heterocycles. The highest BCUT2D eigenvalue weighted by Crippen LogP contribution is 2.17. The van der Waals surface area contributed by atoms with Crippen molar-refractivity contribution in [1.82, 2.24) is 0 Å². The minimum Gasteiger partial charge on any atom is -0.360 e. The second kappa shape index (κ2) is 7.48. The van der Waals surface area contributed by atoms with Gasteiger partial charge in [-0.1, -0.05) is 23.7 Å². The molecule has 2 rings (SSSR count). The number of aryl methyl sites for hydroxylation is 2. The van der Waals surface area contributed by atoms with Crippen LogP contribution in [0.1, 0.15) is 11.1 Å². The summed E-state index contributed by atoms with van der Waals surface area (Å²) in [5, 5.41) is 15.3. The Morgan fingerprint density at radius 2 is 1.91 bits per heavy atom. The van der Waals surface area contributed by atoms with Crippen molar-refractivity contribution in [2.45, 2.75) is 13.8 Å². The topological polar surface area (TPSA) is 64.9 Å². The molecule has 2 N–H and O–H groups in total. The Morgan fingerprint density at radius 1 is 1.13 bits per heavy atom. The zero-order valence-corrected chi connectivity index (χ0v) is 13.6. The molecule has 0 bridgehead atoms. The van der Waals surface area contributed by atoms with Crippen LogP contribution in [0.25, 0.3) is 0 Å². The van der Waals surface area contributed by atoms with Gasteiger partial charge in [0.05, 0.1) is 0 Å². The maximum Gasteiger partial charge on any atom is 0.267 e. The average Bonchev–Trinajstić information content (AvgIpc) is 2.51. The smallest absolute Gasteiger partial charge is 0.267 e. The van der Waals surface area contributed by atoms with Gasteiger partial charge in [-0.15, -0.1) is 0 Å². The first kappa shape index (κ1) is 16.6. The van der Waals surface area contributed by atoms with Gasteiger partial charge in [0.25, 0.3) is 5.91 Å². The third kappa shape index (κ3) is 4.60. The van der Waals surface area contributed by atoms with Gasteiger partial charge in [-0.05, 0) is 55.3 Å². The first-order valence-corrected chi connectivity index (χ1v) is 7.38. The third-order valence-corrected chi connectivity index (χ3v) is 3.57. The van der Waals surface area contributed by atoms with Gasteiger partial charge in [0.15, 0.2) is 0 Å². The molecule has 0 atom stereocenters. The number of nitrogens with zero attached hydrogens (tertiary/aromatic N) is 1. The maximum atomic E-state index is 12.1. The van der Waals surface area contributed by atoms with Crippen LogP contribution in [-0.2, 0) is 4.79 Å². The first-order valence-electron chi connectivity index (χ1n) is 7.00. The molecule has 5 heteroatoms. The zero-order valence-electron chi connectivity index (χ0n) is 12.9. The van der Waals surface area contributed by atoms with Crippen molar-refractivity contribution in [3.8, 4) is 6.07 Å². The van der Waals surface area contributed by atoms with Crippen molar-refractivity contribution in [2.24, 2.45) is 0 Å². The number of benzene rings is 2. The van der Waals surface area contributed by atoms with E-state index in [2.05, 4.69) is 10.6 Å². The number of amides is 1. The molecule has 0 saturated heterocycles. The Bertz CT molecular complexity index is 806. The molecule has 0 radical (unpaired) electrons. The van der Waals surface area contributed by atoms with E-state index in [1.807, 2.05) is 38.1 Å². The lowest BCUT2D eigenvalue weighted by molar-refractivity contribution is -0.112. The predicted molar refractivity (Wildman–Crippen MR) is 93.3 cm³/mol. The van der Waals surface area contributed by atoms with Gasteiger partial charge in [-0.25, -0.2) is 0 Å². The number of carbonyl (C=O) groups is 1. The molecular formula is C18H16ClN3O. The largest absolute Gasteiger partial charge is 0.360 e. The van der Waals surface area contributed by atoms with Crippen LogP contribution in [0.4, 0.5) is 11.4 Å². The molecule has 0 saturated carbocycles. The highest BCUT2D eigenvalue weighted by molar-refractivity contribution is 6.31. The van der Waals surface area contributed by atoms with Crippen LogP contribution in [-0.4, -0.2) is 5.91 Å². The number of carbonyl (C=O) groups excluding carboxylic acids is 1. The summed E-state index contributed by atoms with van der Waals surface area (Å²) in [6.07, 6.45) is 1.39. The number of rotatable bonds is 4. The number of anilines is 2. The SMILES string of the molecule is Cc1ccc(N/C=C(/C#N)C(=O)Nc2cccc(Cl)c2)cc1C. The molecule has 2 aromatic rings. The standard InChI is InChI=1S/C18H16ClN3O/c1-12-6-7-16(8-13(12)2)21-11-14(10-20)18(23)22-17-5-3-4-15(19)9-17/h3-9,11,21H,1-2H3,(H,22,23)/b14-11-. The van der Waals surface area contributed by atoms with E-state index < -0.39 is 5.91 Å². The second-order valence-electron chi connectivity index (χ2n) is 5.08. The van der Waals surface area contributed by atoms with Crippen molar-refractivity contribution >= 4 is 28.9 Å². The molecule has 0 spiro atoms. The van der Waals surface area contributed by atoms with Crippen LogP contribution in [0.5, 0.6) is 0 Å². The molecule has 116 valence electrons. The highest BCUT2D eigenvalue weighted by atomic mass is 35.5. The van der Waals surface area contributed by atoms with E-state index in [1.54, 1.807) is 24.3 Å². The Morgan fingerprint density at radius 3 is 2.57 bits per heavy atom.